The number of nitrogens with one attached hydrogen (secondary N) is 2. The molecule has 2 N–H and O–H groups in total. The molecule has 2 aromatic carbocycles. The van der Waals surface area contributed by atoms with Gasteiger partial charge in [0.05, 0.1) is 16.9 Å². The van der Waals surface area contributed by atoms with E-state index in [-0.39, 0.29) is 0 Å². The van der Waals surface area contributed by atoms with Crippen molar-refractivity contribution in [3.63, 3.8) is 0 Å². The van der Waals surface area contributed by atoms with Crippen molar-refractivity contribution in [2.45, 2.75) is 13.8 Å². The summed E-state index contributed by atoms with van der Waals surface area (Å²) in [6.45, 7) is 4.13. The van der Waals surface area contributed by atoms with Crippen LogP contribution in [0.1, 0.15) is 11.1 Å². The SMILES string of the molecule is Cc1ccc(Nc2cnnc(Nc3cc(Cl)ccc3Cl)n2)cc1C. The summed E-state index contributed by atoms with van der Waals surface area (Å²) < 4.78 is 0. The summed E-state index contributed by atoms with van der Waals surface area (Å²) in [5.74, 6) is 0.905. The van der Waals surface area contributed by atoms with Gasteiger partial charge in [-0.1, -0.05) is 29.3 Å². The molecule has 122 valence electrons. The molecule has 0 saturated carbocycles. The fourth-order valence-corrected chi connectivity index (χ4v) is 2.43. The number of nitrogens with zero attached hydrogens (tertiary/aromatic N) is 3. The molecule has 0 spiro atoms. The first-order valence-electron chi connectivity index (χ1n) is 7.27. The van der Waals surface area contributed by atoms with E-state index in [1.807, 2.05) is 6.07 Å². The molecule has 7 heteroatoms. The highest BCUT2D eigenvalue weighted by Gasteiger charge is 2.06. The summed E-state index contributed by atoms with van der Waals surface area (Å²) >= 11 is 12.1. The molecule has 0 aliphatic carbocycles. The van der Waals surface area contributed by atoms with Gasteiger partial charge in [-0.3, -0.25) is 0 Å². The zero-order valence-corrected chi connectivity index (χ0v) is 14.7. The molecule has 0 saturated heterocycles. The number of aromatic nitrogens is 3. The fraction of sp³-hybridized carbons (Fsp3) is 0.118. The summed E-state index contributed by atoms with van der Waals surface area (Å²) in [7, 11) is 0. The van der Waals surface area contributed by atoms with Crippen LogP contribution in [0.15, 0.2) is 42.6 Å². The minimum absolute atomic E-state index is 0.327. The van der Waals surface area contributed by atoms with Gasteiger partial charge in [0, 0.05) is 10.7 Å². The van der Waals surface area contributed by atoms with Gasteiger partial charge in [-0.2, -0.15) is 10.1 Å². The predicted octanol–water partition coefficient (Wildman–Crippen LogP) is 5.28. The van der Waals surface area contributed by atoms with Gasteiger partial charge in [-0.05, 0) is 55.3 Å². The van der Waals surface area contributed by atoms with Crippen molar-refractivity contribution >= 4 is 46.3 Å². The van der Waals surface area contributed by atoms with E-state index in [2.05, 4.69) is 51.8 Å². The molecule has 1 aromatic heterocycles. The Labute approximate surface area is 150 Å². The Morgan fingerprint density at radius 1 is 0.917 bits per heavy atom. The average molecular weight is 360 g/mol. The van der Waals surface area contributed by atoms with E-state index in [1.165, 1.54) is 11.1 Å². The van der Waals surface area contributed by atoms with Crippen molar-refractivity contribution in [3.05, 3.63) is 63.8 Å². The summed E-state index contributed by atoms with van der Waals surface area (Å²) in [6.07, 6.45) is 1.56. The fourth-order valence-electron chi connectivity index (χ4n) is 2.10. The highest BCUT2D eigenvalue weighted by Crippen LogP contribution is 2.27. The zero-order chi connectivity index (χ0) is 17.1. The van der Waals surface area contributed by atoms with Crippen LogP contribution in [-0.2, 0) is 0 Å². The van der Waals surface area contributed by atoms with Crippen molar-refractivity contribution in [2.24, 2.45) is 0 Å². The maximum absolute atomic E-state index is 6.14. The Morgan fingerprint density at radius 2 is 1.75 bits per heavy atom. The van der Waals surface area contributed by atoms with Crippen LogP contribution in [0, 0.1) is 13.8 Å². The van der Waals surface area contributed by atoms with E-state index in [9.17, 15) is 0 Å². The number of hydrogen-bond donors (Lipinski definition) is 2. The van der Waals surface area contributed by atoms with Gasteiger partial charge in [0.15, 0.2) is 5.82 Å². The second kappa shape index (κ2) is 7.03. The van der Waals surface area contributed by atoms with Gasteiger partial charge in [-0.15, -0.1) is 5.10 Å². The largest absolute Gasteiger partial charge is 0.339 e. The smallest absolute Gasteiger partial charge is 0.249 e. The summed E-state index contributed by atoms with van der Waals surface area (Å²) in [6, 6.07) is 11.2. The molecule has 3 rings (SSSR count). The molecule has 0 radical (unpaired) electrons. The van der Waals surface area contributed by atoms with Crippen LogP contribution in [0.3, 0.4) is 0 Å². The van der Waals surface area contributed by atoms with Gasteiger partial charge < -0.3 is 10.6 Å². The van der Waals surface area contributed by atoms with E-state index in [4.69, 9.17) is 23.2 Å². The lowest BCUT2D eigenvalue weighted by Gasteiger charge is -2.10. The first-order valence-corrected chi connectivity index (χ1v) is 8.03. The van der Waals surface area contributed by atoms with Crippen molar-refractivity contribution < 1.29 is 0 Å². The first-order chi connectivity index (χ1) is 11.5. The third-order valence-corrected chi connectivity index (χ3v) is 4.08. The molecule has 0 bridgehead atoms. The third-order valence-electron chi connectivity index (χ3n) is 3.51. The number of anilines is 4. The second-order valence-corrected chi connectivity index (χ2v) is 6.18. The van der Waals surface area contributed by atoms with E-state index < -0.39 is 0 Å². The topological polar surface area (TPSA) is 62.7 Å². The lowest BCUT2D eigenvalue weighted by molar-refractivity contribution is 0.982. The first kappa shape index (κ1) is 16.5. The molecule has 0 atom stereocenters. The maximum Gasteiger partial charge on any atom is 0.249 e. The lowest BCUT2D eigenvalue weighted by Crippen LogP contribution is -2.03. The minimum Gasteiger partial charge on any atom is -0.339 e. The monoisotopic (exact) mass is 359 g/mol. The summed E-state index contributed by atoms with van der Waals surface area (Å²) in [5.41, 5.74) is 3.99. The Bertz CT molecular complexity index is 883. The Morgan fingerprint density at radius 3 is 2.54 bits per heavy atom. The van der Waals surface area contributed by atoms with Crippen LogP contribution in [0.25, 0.3) is 0 Å². The molecule has 0 unspecified atom stereocenters. The average Bonchev–Trinajstić information content (AvgIpc) is 2.55. The predicted molar refractivity (Wildman–Crippen MR) is 98.8 cm³/mol. The standard InChI is InChI=1S/C17H15Cl2N5/c1-10-3-5-13(7-11(10)2)21-16-9-20-24-17(23-16)22-15-8-12(18)4-6-14(15)19/h3-9H,1-2H3,(H2,21,22,23,24). The van der Waals surface area contributed by atoms with Crippen LogP contribution < -0.4 is 10.6 Å². The van der Waals surface area contributed by atoms with Crippen molar-refractivity contribution in [1.29, 1.82) is 0 Å². The molecule has 1 heterocycles. The van der Waals surface area contributed by atoms with E-state index in [0.717, 1.165) is 5.69 Å². The van der Waals surface area contributed by atoms with Crippen LogP contribution in [0.2, 0.25) is 10.0 Å². The summed E-state index contributed by atoms with van der Waals surface area (Å²) in [5, 5.41) is 15.2. The number of halogens is 2. The van der Waals surface area contributed by atoms with Crippen molar-refractivity contribution in [3.8, 4) is 0 Å². The molecule has 0 aliphatic heterocycles. The second-order valence-electron chi connectivity index (χ2n) is 5.34. The van der Waals surface area contributed by atoms with Crippen LogP contribution in [0.4, 0.5) is 23.1 Å². The van der Waals surface area contributed by atoms with Crippen LogP contribution in [0.5, 0.6) is 0 Å². The molecule has 0 amide bonds. The number of rotatable bonds is 4. The van der Waals surface area contributed by atoms with Crippen molar-refractivity contribution in [2.75, 3.05) is 10.6 Å². The molecule has 0 fully saturated rings. The molecular weight excluding hydrogens is 345 g/mol. The number of benzene rings is 2. The Kier molecular flexibility index (Phi) is 4.83. The third kappa shape index (κ3) is 3.93. The highest BCUT2D eigenvalue weighted by molar-refractivity contribution is 6.35. The van der Waals surface area contributed by atoms with E-state index >= 15 is 0 Å². The quantitative estimate of drug-likeness (QED) is 0.663. The molecule has 5 nitrogen and oxygen atoms in total. The van der Waals surface area contributed by atoms with Crippen LogP contribution >= 0.6 is 23.2 Å². The number of hydrogen-bond acceptors (Lipinski definition) is 5. The molecule has 3 aromatic rings. The van der Waals surface area contributed by atoms with Gasteiger partial charge in [-0.25, -0.2) is 0 Å². The zero-order valence-electron chi connectivity index (χ0n) is 13.1. The Balaban J connectivity index is 1.81. The maximum atomic E-state index is 6.14. The normalized spacial score (nSPS) is 10.5. The molecular formula is C17H15Cl2N5. The lowest BCUT2D eigenvalue weighted by atomic mass is 10.1. The minimum atomic E-state index is 0.327. The van der Waals surface area contributed by atoms with Crippen LogP contribution in [-0.4, -0.2) is 15.2 Å². The van der Waals surface area contributed by atoms with Gasteiger partial charge in [0.1, 0.15) is 0 Å². The molecule has 24 heavy (non-hydrogen) atoms. The van der Waals surface area contributed by atoms with E-state index in [1.54, 1.807) is 24.4 Å². The number of aryl methyl sites for hydroxylation is 2. The van der Waals surface area contributed by atoms with Crippen molar-refractivity contribution in [1.82, 2.24) is 15.2 Å². The van der Waals surface area contributed by atoms with E-state index in [0.29, 0.717) is 27.5 Å². The highest BCUT2D eigenvalue weighted by atomic mass is 35.5. The summed E-state index contributed by atoms with van der Waals surface area (Å²) in [4.78, 5) is 4.39. The van der Waals surface area contributed by atoms with Gasteiger partial charge >= 0.3 is 0 Å². The van der Waals surface area contributed by atoms with Gasteiger partial charge in [0.2, 0.25) is 5.95 Å². The van der Waals surface area contributed by atoms with Gasteiger partial charge in [0.25, 0.3) is 0 Å². The molecule has 0 aliphatic rings. The Hall–Kier alpha value is -2.37.